The van der Waals surface area contributed by atoms with Crippen LogP contribution in [0.4, 0.5) is 4.39 Å². The Kier molecular flexibility index (Phi) is 7.38. The van der Waals surface area contributed by atoms with Crippen molar-refractivity contribution in [3.63, 3.8) is 0 Å². The quantitative estimate of drug-likeness (QED) is 0.505. The van der Waals surface area contributed by atoms with Gasteiger partial charge in [-0.25, -0.2) is 9.07 Å². The van der Waals surface area contributed by atoms with Gasteiger partial charge in [0, 0.05) is 38.3 Å². The maximum atomic E-state index is 13.3. The second-order valence-corrected chi connectivity index (χ2v) is 8.64. The third kappa shape index (κ3) is 5.18. The number of methoxy groups -OCH3 is 2. The van der Waals surface area contributed by atoms with Crippen LogP contribution < -0.4 is 9.47 Å². The van der Waals surface area contributed by atoms with Gasteiger partial charge in [-0.3, -0.25) is 9.69 Å². The Labute approximate surface area is 203 Å². The normalized spacial score (nSPS) is 14.3. The van der Waals surface area contributed by atoms with Gasteiger partial charge in [0.25, 0.3) is 5.91 Å². The molecule has 180 valence electrons. The smallest absolute Gasteiger partial charge is 0.258 e. The summed E-state index contributed by atoms with van der Waals surface area (Å²) in [4.78, 5) is 17.4. The zero-order valence-electron chi connectivity index (χ0n) is 19.6. The Morgan fingerprint density at radius 3 is 2.38 bits per heavy atom. The molecule has 1 saturated heterocycles. The molecule has 1 aromatic heterocycles. The maximum Gasteiger partial charge on any atom is 0.258 e. The van der Waals surface area contributed by atoms with Crippen LogP contribution >= 0.6 is 11.6 Å². The highest BCUT2D eigenvalue weighted by Crippen LogP contribution is 2.27. The molecule has 0 saturated carbocycles. The van der Waals surface area contributed by atoms with E-state index < -0.39 is 0 Å². The zero-order chi connectivity index (χ0) is 24.2. The topological polar surface area (TPSA) is 59.8 Å². The molecule has 0 radical (unpaired) electrons. The molecule has 1 fully saturated rings. The lowest BCUT2D eigenvalue weighted by Crippen LogP contribution is -2.48. The summed E-state index contributed by atoms with van der Waals surface area (Å²) in [6, 6.07) is 11.9. The second kappa shape index (κ2) is 10.4. The van der Waals surface area contributed by atoms with Gasteiger partial charge in [-0.1, -0.05) is 23.7 Å². The molecule has 1 aliphatic heterocycles. The first-order valence-corrected chi connectivity index (χ1v) is 11.5. The first-order valence-electron chi connectivity index (χ1n) is 11.1. The average molecular weight is 487 g/mol. The number of piperazine rings is 1. The molecule has 0 spiro atoms. The number of hydrogen-bond donors (Lipinski definition) is 0. The Balaban J connectivity index is 1.41. The zero-order valence-corrected chi connectivity index (χ0v) is 20.3. The summed E-state index contributed by atoms with van der Waals surface area (Å²) in [6.07, 6.45) is 0. The van der Waals surface area contributed by atoms with Crippen LogP contribution in [0.25, 0.3) is 0 Å². The van der Waals surface area contributed by atoms with Crippen molar-refractivity contribution in [3.05, 3.63) is 75.8 Å². The standard InChI is InChI=1S/C25H28ClFN4O3/c1-17-23(24(26)31(28-17)15-18-4-6-20(27)7-5-18)25(32)30-12-10-29(11-13-30)16-19-14-21(33-2)8-9-22(19)34-3/h4-9,14H,10-13,15-16H2,1-3H3. The summed E-state index contributed by atoms with van der Waals surface area (Å²) in [7, 11) is 3.30. The van der Waals surface area contributed by atoms with Crippen molar-refractivity contribution in [2.45, 2.75) is 20.0 Å². The molecule has 0 unspecified atom stereocenters. The monoisotopic (exact) mass is 486 g/mol. The number of aryl methyl sites for hydroxylation is 1. The van der Waals surface area contributed by atoms with Gasteiger partial charge < -0.3 is 14.4 Å². The van der Waals surface area contributed by atoms with Gasteiger partial charge in [0.05, 0.1) is 32.0 Å². The van der Waals surface area contributed by atoms with E-state index in [4.69, 9.17) is 21.1 Å². The highest BCUT2D eigenvalue weighted by Gasteiger charge is 2.28. The van der Waals surface area contributed by atoms with Crippen molar-refractivity contribution in [1.82, 2.24) is 19.6 Å². The second-order valence-electron chi connectivity index (χ2n) is 8.28. The van der Waals surface area contributed by atoms with E-state index in [0.717, 1.165) is 35.7 Å². The highest BCUT2D eigenvalue weighted by atomic mass is 35.5. The number of ether oxygens (including phenoxy) is 2. The van der Waals surface area contributed by atoms with Gasteiger partial charge in [-0.15, -0.1) is 0 Å². The lowest BCUT2D eigenvalue weighted by molar-refractivity contribution is 0.0627. The Morgan fingerprint density at radius 1 is 1.03 bits per heavy atom. The van der Waals surface area contributed by atoms with E-state index in [1.165, 1.54) is 12.1 Å². The lowest BCUT2D eigenvalue weighted by Gasteiger charge is -2.35. The highest BCUT2D eigenvalue weighted by molar-refractivity contribution is 6.33. The van der Waals surface area contributed by atoms with Crippen LogP contribution in [0.2, 0.25) is 5.15 Å². The molecule has 9 heteroatoms. The van der Waals surface area contributed by atoms with Gasteiger partial charge in [0.1, 0.15) is 22.5 Å². The van der Waals surface area contributed by atoms with Gasteiger partial charge in [0.2, 0.25) is 0 Å². The minimum absolute atomic E-state index is 0.119. The van der Waals surface area contributed by atoms with E-state index in [9.17, 15) is 9.18 Å². The lowest BCUT2D eigenvalue weighted by atomic mass is 10.1. The predicted molar refractivity (Wildman–Crippen MR) is 128 cm³/mol. The molecule has 0 atom stereocenters. The number of halogens is 2. The van der Waals surface area contributed by atoms with Crippen LogP contribution in [-0.2, 0) is 13.1 Å². The van der Waals surface area contributed by atoms with Crippen LogP contribution in [0, 0.1) is 12.7 Å². The number of benzene rings is 2. The summed E-state index contributed by atoms with van der Waals surface area (Å²) in [5.74, 6) is 1.18. The number of hydrogen-bond acceptors (Lipinski definition) is 5. The largest absolute Gasteiger partial charge is 0.497 e. The van der Waals surface area contributed by atoms with Gasteiger partial charge in [-0.05, 0) is 42.8 Å². The van der Waals surface area contributed by atoms with Crippen molar-refractivity contribution in [1.29, 1.82) is 0 Å². The van der Waals surface area contributed by atoms with Gasteiger partial charge in [0.15, 0.2) is 0 Å². The molecule has 2 aromatic carbocycles. The molecule has 0 bridgehead atoms. The molecule has 7 nitrogen and oxygen atoms in total. The minimum atomic E-state index is -0.300. The number of nitrogens with zero attached hydrogens (tertiary/aromatic N) is 4. The number of aromatic nitrogens is 2. The van der Waals surface area contributed by atoms with Crippen LogP contribution in [0.15, 0.2) is 42.5 Å². The number of carbonyl (C=O) groups excluding carboxylic acids is 1. The van der Waals surface area contributed by atoms with Crippen molar-refractivity contribution >= 4 is 17.5 Å². The molecule has 4 rings (SSSR count). The maximum absolute atomic E-state index is 13.3. The SMILES string of the molecule is COc1ccc(OC)c(CN2CCN(C(=O)c3c(C)nn(Cc4ccc(F)cc4)c3Cl)CC2)c1. The summed E-state index contributed by atoms with van der Waals surface area (Å²) < 4.78 is 25.6. The Morgan fingerprint density at radius 2 is 1.74 bits per heavy atom. The van der Waals surface area contributed by atoms with Crippen molar-refractivity contribution in [2.24, 2.45) is 0 Å². The molecule has 2 heterocycles. The van der Waals surface area contributed by atoms with E-state index in [0.29, 0.717) is 42.6 Å². The van der Waals surface area contributed by atoms with Crippen LogP contribution in [-0.4, -0.2) is 65.9 Å². The van der Waals surface area contributed by atoms with E-state index in [1.54, 1.807) is 38.0 Å². The summed E-state index contributed by atoms with van der Waals surface area (Å²) in [6.45, 7) is 5.49. The van der Waals surface area contributed by atoms with E-state index in [1.807, 2.05) is 23.1 Å². The third-order valence-corrected chi connectivity index (χ3v) is 6.45. The molecule has 34 heavy (non-hydrogen) atoms. The fraction of sp³-hybridized carbons (Fsp3) is 0.360. The van der Waals surface area contributed by atoms with Gasteiger partial charge >= 0.3 is 0 Å². The summed E-state index contributed by atoms with van der Waals surface area (Å²) in [5, 5.41) is 4.76. The molecule has 1 aliphatic rings. The average Bonchev–Trinajstić information content (AvgIpc) is 3.12. The van der Waals surface area contributed by atoms with E-state index in [2.05, 4.69) is 10.00 Å². The molecule has 0 N–H and O–H groups in total. The van der Waals surface area contributed by atoms with Crippen LogP contribution in [0.5, 0.6) is 11.5 Å². The summed E-state index contributed by atoms with van der Waals surface area (Å²) >= 11 is 6.57. The molecule has 1 amide bonds. The molecular weight excluding hydrogens is 459 g/mol. The van der Waals surface area contributed by atoms with E-state index in [-0.39, 0.29) is 11.7 Å². The predicted octanol–water partition coefficient (Wildman–Crippen LogP) is 4.01. The number of amides is 1. The van der Waals surface area contributed by atoms with Crippen LogP contribution in [0.1, 0.15) is 27.2 Å². The Bertz CT molecular complexity index is 1160. The summed E-state index contributed by atoms with van der Waals surface area (Å²) in [5.41, 5.74) is 2.90. The first-order chi connectivity index (χ1) is 16.4. The van der Waals surface area contributed by atoms with Crippen molar-refractivity contribution < 1.29 is 18.7 Å². The number of rotatable bonds is 7. The molecule has 0 aliphatic carbocycles. The van der Waals surface area contributed by atoms with Crippen LogP contribution in [0.3, 0.4) is 0 Å². The van der Waals surface area contributed by atoms with Crippen molar-refractivity contribution in [2.75, 3.05) is 40.4 Å². The fourth-order valence-electron chi connectivity index (χ4n) is 4.18. The minimum Gasteiger partial charge on any atom is -0.497 e. The number of carbonyl (C=O) groups is 1. The van der Waals surface area contributed by atoms with Crippen molar-refractivity contribution in [3.8, 4) is 11.5 Å². The first kappa shape index (κ1) is 24.0. The van der Waals surface area contributed by atoms with E-state index >= 15 is 0 Å². The third-order valence-electron chi connectivity index (χ3n) is 6.07. The molecular formula is C25H28ClFN4O3. The van der Waals surface area contributed by atoms with Gasteiger partial charge in [-0.2, -0.15) is 5.10 Å². The molecule has 3 aromatic rings. The Hall–Kier alpha value is -3.10. The fourth-order valence-corrected chi connectivity index (χ4v) is 4.49.